The SMILES string of the molecule is CCCN(C(=O)Oc1ccc(Br)cc1)C(C)(C)C. The minimum absolute atomic E-state index is 0.234. The van der Waals surface area contributed by atoms with Gasteiger partial charge in [0.1, 0.15) is 5.75 Å². The van der Waals surface area contributed by atoms with Crippen LogP contribution in [0.2, 0.25) is 0 Å². The average Bonchev–Trinajstić information content (AvgIpc) is 2.27. The lowest BCUT2D eigenvalue weighted by atomic mass is 10.1. The van der Waals surface area contributed by atoms with E-state index in [1.165, 1.54) is 0 Å². The lowest BCUT2D eigenvalue weighted by Crippen LogP contribution is -2.47. The van der Waals surface area contributed by atoms with Crippen LogP contribution in [-0.2, 0) is 0 Å². The zero-order chi connectivity index (χ0) is 13.8. The van der Waals surface area contributed by atoms with Crippen molar-refractivity contribution < 1.29 is 9.53 Å². The number of rotatable bonds is 3. The maximum absolute atomic E-state index is 12.1. The highest BCUT2D eigenvalue weighted by atomic mass is 79.9. The summed E-state index contributed by atoms with van der Waals surface area (Å²) >= 11 is 3.35. The third kappa shape index (κ3) is 4.33. The Bertz CT molecular complexity index is 395. The zero-order valence-electron chi connectivity index (χ0n) is 11.4. The van der Waals surface area contributed by atoms with Crippen molar-refractivity contribution in [3.63, 3.8) is 0 Å². The molecule has 1 amide bonds. The van der Waals surface area contributed by atoms with Crippen molar-refractivity contribution in [1.82, 2.24) is 4.90 Å². The van der Waals surface area contributed by atoms with Gasteiger partial charge in [-0.2, -0.15) is 0 Å². The lowest BCUT2D eigenvalue weighted by molar-refractivity contribution is 0.107. The summed E-state index contributed by atoms with van der Waals surface area (Å²) in [5.41, 5.74) is -0.234. The van der Waals surface area contributed by atoms with Crippen LogP contribution in [0.1, 0.15) is 34.1 Å². The summed E-state index contributed by atoms with van der Waals surface area (Å²) in [5, 5.41) is 0. The molecule has 3 nitrogen and oxygen atoms in total. The van der Waals surface area contributed by atoms with Gasteiger partial charge in [-0.05, 0) is 51.5 Å². The highest BCUT2D eigenvalue weighted by Gasteiger charge is 2.27. The molecule has 0 fully saturated rings. The second-order valence-corrected chi connectivity index (χ2v) is 6.06. The van der Waals surface area contributed by atoms with E-state index in [9.17, 15) is 4.79 Å². The topological polar surface area (TPSA) is 29.5 Å². The first-order valence-corrected chi connectivity index (χ1v) is 6.89. The number of amides is 1. The van der Waals surface area contributed by atoms with Crippen LogP contribution in [0.4, 0.5) is 4.79 Å². The van der Waals surface area contributed by atoms with Gasteiger partial charge in [0, 0.05) is 16.6 Å². The van der Waals surface area contributed by atoms with Gasteiger partial charge in [-0.25, -0.2) is 4.79 Å². The Labute approximate surface area is 117 Å². The normalized spacial score (nSPS) is 11.2. The third-order valence-corrected chi connectivity index (χ3v) is 3.02. The van der Waals surface area contributed by atoms with E-state index in [4.69, 9.17) is 4.74 Å². The lowest BCUT2D eigenvalue weighted by Gasteiger charge is -2.34. The average molecular weight is 314 g/mol. The van der Waals surface area contributed by atoms with Gasteiger partial charge in [0.15, 0.2) is 0 Å². The molecule has 0 saturated heterocycles. The van der Waals surface area contributed by atoms with E-state index >= 15 is 0 Å². The first-order valence-electron chi connectivity index (χ1n) is 6.09. The fourth-order valence-electron chi connectivity index (χ4n) is 1.58. The van der Waals surface area contributed by atoms with Crippen molar-refractivity contribution in [1.29, 1.82) is 0 Å². The molecule has 0 atom stereocenters. The molecule has 1 rings (SSSR count). The number of hydrogen-bond acceptors (Lipinski definition) is 2. The second-order valence-electron chi connectivity index (χ2n) is 5.14. The number of benzene rings is 1. The molecule has 0 heterocycles. The molecule has 1 aromatic rings. The summed E-state index contributed by atoms with van der Waals surface area (Å²) in [4.78, 5) is 13.9. The summed E-state index contributed by atoms with van der Waals surface area (Å²) in [7, 11) is 0. The Hall–Kier alpha value is -1.03. The molecule has 0 bridgehead atoms. The van der Waals surface area contributed by atoms with Crippen LogP contribution >= 0.6 is 15.9 Å². The first kappa shape index (κ1) is 15.0. The Morgan fingerprint density at radius 1 is 1.28 bits per heavy atom. The van der Waals surface area contributed by atoms with Crippen molar-refractivity contribution in [2.45, 2.75) is 39.7 Å². The Balaban J connectivity index is 2.76. The smallest absolute Gasteiger partial charge is 0.410 e. The monoisotopic (exact) mass is 313 g/mol. The molecule has 0 aromatic heterocycles. The zero-order valence-corrected chi connectivity index (χ0v) is 13.0. The molecular formula is C14H20BrNO2. The van der Waals surface area contributed by atoms with Gasteiger partial charge < -0.3 is 9.64 Å². The quantitative estimate of drug-likeness (QED) is 0.824. The van der Waals surface area contributed by atoms with Crippen molar-refractivity contribution in [3.05, 3.63) is 28.7 Å². The molecule has 0 radical (unpaired) electrons. The van der Waals surface area contributed by atoms with Crippen LogP contribution in [0.15, 0.2) is 28.7 Å². The molecular weight excluding hydrogens is 294 g/mol. The van der Waals surface area contributed by atoms with E-state index in [1.54, 1.807) is 17.0 Å². The van der Waals surface area contributed by atoms with Gasteiger partial charge in [0.25, 0.3) is 0 Å². The molecule has 4 heteroatoms. The molecule has 0 saturated carbocycles. The van der Waals surface area contributed by atoms with Crippen LogP contribution in [0.25, 0.3) is 0 Å². The van der Waals surface area contributed by atoms with Crippen molar-refractivity contribution >= 4 is 22.0 Å². The van der Waals surface area contributed by atoms with E-state index < -0.39 is 0 Å². The van der Waals surface area contributed by atoms with Crippen LogP contribution in [0.5, 0.6) is 5.75 Å². The first-order chi connectivity index (χ1) is 8.34. The van der Waals surface area contributed by atoms with Crippen molar-refractivity contribution in [3.8, 4) is 5.75 Å². The van der Waals surface area contributed by atoms with Gasteiger partial charge in [-0.3, -0.25) is 0 Å². The van der Waals surface area contributed by atoms with E-state index in [2.05, 4.69) is 15.9 Å². The van der Waals surface area contributed by atoms with E-state index in [0.29, 0.717) is 12.3 Å². The highest BCUT2D eigenvalue weighted by molar-refractivity contribution is 9.10. The van der Waals surface area contributed by atoms with Crippen LogP contribution < -0.4 is 4.74 Å². The Kier molecular flexibility index (Phi) is 5.20. The standard InChI is InChI=1S/C14H20BrNO2/c1-5-10-16(14(2,3)4)13(17)18-12-8-6-11(15)7-9-12/h6-9H,5,10H2,1-4H3. The van der Waals surface area contributed by atoms with Crippen LogP contribution in [0.3, 0.4) is 0 Å². The maximum Gasteiger partial charge on any atom is 0.415 e. The van der Waals surface area contributed by atoms with Gasteiger partial charge >= 0.3 is 6.09 Å². The largest absolute Gasteiger partial charge is 0.415 e. The van der Waals surface area contributed by atoms with E-state index in [0.717, 1.165) is 10.9 Å². The van der Waals surface area contributed by atoms with Crippen LogP contribution in [0, 0.1) is 0 Å². The summed E-state index contributed by atoms with van der Waals surface area (Å²) in [6.45, 7) is 8.76. The molecule has 18 heavy (non-hydrogen) atoms. The number of carbonyl (C=O) groups is 1. The summed E-state index contributed by atoms with van der Waals surface area (Å²) in [5.74, 6) is 0.563. The van der Waals surface area contributed by atoms with Gasteiger partial charge in [0.2, 0.25) is 0 Å². The number of halogens is 1. The minimum atomic E-state index is -0.299. The highest BCUT2D eigenvalue weighted by Crippen LogP contribution is 2.20. The predicted octanol–water partition coefficient (Wildman–Crippen LogP) is 4.46. The third-order valence-electron chi connectivity index (χ3n) is 2.50. The van der Waals surface area contributed by atoms with E-state index in [-0.39, 0.29) is 11.6 Å². The number of nitrogens with zero attached hydrogens (tertiary/aromatic N) is 1. The van der Waals surface area contributed by atoms with Crippen LogP contribution in [-0.4, -0.2) is 23.1 Å². The number of hydrogen-bond donors (Lipinski definition) is 0. The molecule has 0 aliphatic heterocycles. The maximum atomic E-state index is 12.1. The molecule has 100 valence electrons. The van der Waals surface area contributed by atoms with E-state index in [1.807, 2.05) is 39.8 Å². The van der Waals surface area contributed by atoms with Gasteiger partial charge in [-0.15, -0.1) is 0 Å². The van der Waals surface area contributed by atoms with Crippen molar-refractivity contribution in [2.24, 2.45) is 0 Å². The molecule has 0 unspecified atom stereocenters. The summed E-state index contributed by atoms with van der Waals surface area (Å²) < 4.78 is 6.34. The van der Waals surface area contributed by atoms with Crippen molar-refractivity contribution in [2.75, 3.05) is 6.54 Å². The Morgan fingerprint density at radius 3 is 2.28 bits per heavy atom. The molecule has 0 spiro atoms. The molecule has 0 N–H and O–H groups in total. The fourth-order valence-corrected chi connectivity index (χ4v) is 1.85. The number of ether oxygens (including phenoxy) is 1. The van der Waals surface area contributed by atoms with Gasteiger partial charge in [-0.1, -0.05) is 22.9 Å². The molecule has 0 aliphatic rings. The molecule has 0 aliphatic carbocycles. The predicted molar refractivity (Wildman–Crippen MR) is 76.9 cm³/mol. The molecule has 1 aromatic carbocycles. The van der Waals surface area contributed by atoms with Gasteiger partial charge in [0.05, 0.1) is 0 Å². The minimum Gasteiger partial charge on any atom is -0.410 e. The fraction of sp³-hybridized carbons (Fsp3) is 0.500. The second kappa shape index (κ2) is 6.23. The Morgan fingerprint density at radius 2 is 1.83 bits per heavy atom. The summed E-state index contributed by atoms with van der Waals surface area (Å²) in [6, 6.07) is 7.25. The summed E-state index contributed by atoms with van der Waals surface area (Å²) in [6.07, 6.45) is 0.610. The number of carbonyl (C=O) groups excluding carboxylic acids is 1.